The molecule has 3 saturated carbocycles. The van der Waals surface area contributed by atoms with Crippen LogP contribution in [0.2, 0.25) is 0 Å². The Kier molecular flexibility index (Phi) is 3.33. The van der Waals surface area contributed by atoms with Crippen LogP contribution in [0.25, 0.3) is 0 Å². The van der Waals surface area contributed by atoms with Crippen molar-refractivity contribution in [3.8, 4) is 0 Å². The molecule has 0 spiro atoms. The monoisotopic (exact) mass is 360 g/mol. The minimum atomic E-state index is -1.48. The first-order valence-electron chi connectivity index (χ1n) is 10.0. The van der Waals surface area contributed by atoms with E-state index >= 15 is 0 Å². The molecule has 0 unspecified atom stereocenters. The lowest BCUT2D eigenvalue weighted by Crippen LogP contribution is -2.60. The number of rotatable bonds is 2. The average Bonchev–Trinajstić information content (AvgIpc) is 3.06. The second kappa shape index (κ2) is 5.06. The summed E-state index contributed by atoms with van der Waals surface area (Å²) in [5, 5.41) is 20.7. The van der Waals surface area contributed by atoms with Crippen molar-refractivity contribution in [3.63, 3.8) is 0 Å². The van der Waals surface area contributed by atoms with Crippen LogP contribution < -0.4 is 0 Å². The lowest BCUT2D eigenvalue weighted by Gasteiger charge is -2.57. The largest absolute Gasteiger partial charge is 0.388 e. The van der Waals surface area contributed by atoms with Crippen molar-refractivity contribution in [1.82, 2.24) is 0 Å². The van der Waals surface area contributed by atoms with Crippen LogP contribution in [0, 0.1) is 28.6 Å². The van der Waals surface area contributed by atoms with Gasteiger partial charge in [-0.3, -0.25) is 9.59 Å². The molecular formula is C21H28O5. The van der Waals surface area contributed by atoms with Crippen LogP contribution in [0.1, 0.15) is 52.4 Å². The fraction of sp³-hybridized carbons (Fsp3) is 0.810. The smallest absolute Gasteiger partial charge is 0.190 e. The lowest BCUT2D eigenvalue weighted by molar-refractivity contribution is -0.171. The molecule has 4 fully saturated rings. The third-order valence-corrected chi connectivity index (χ3v) is 9.02. The summed E-state index contributed by atoms with van der Waals surface area (Å²) in [5.74, 6) is 0.596. The number of Topliss-reactive ketones (excluding diaryl/α,β-unsaturated/α-hetero) is 2. The number of hydrogen-bond donors (Lipinski definition) is 2. The molecule has 5 aliphatic rings. The quantitative estimate of drug-likeness (QED) is 0.734. The van der Waals surface area contributed by atoms with Crippen molar-refractivity contribution >= 4 is 11.6 Å². The van der Waals surface area contributed by atoms with E-state index in [4.69, 9.17) is 4.74 Å². The van der Waals surface area contributed by atoms with Crippen molar-refractivity contribution in [2.24, 2.45) is 28.6 Å². The van der Waals surface area contributed by atoms with Crippen LogP contribution in [0.15, 0.2) is 11.6 Å². The van der Waals surface area contributed by atoms with Gasteiger partial charge in [0.15, 0.2) is 11.6 Å². The van der Waals surface area contributed by atoms with E-state index in [1.54, 1.807) is 0 Å². The number of hydrogen-bond acceptors (Lipinski definition) is 5. The van der Waals surface area contributed by atoms with Crippen LogP contribution in [-0.4, -0.2) is 46.2 Å². The van der Waals surface area contributed by atoms with Crippen LogP contribution >= 0.6 is 0 Å². The summed E-state index contributed by atoms with van der Waals surface area (Å²) >= 11 is 0. The maximum Gasteiger partial charge on any atom is 0.190 e. The Morgan fingerprint density at radius 3 is 2.85 bits per heavy atom. The molecular weight excluding hydrogens is 332 g/mol. The van der Waals surface area contributed by atoms with Gasteiger partial charge in [0.25, 0.3) is 0 Å². The van der Waals surface area contributed by atoms with Crippen molar-refractivity contribution in [2.45, 2.75) is 70.2 Å². The molecule has 0 bridgehead atoms. The molecule has 1 heterocycles. The van der Waals surface area contributed by atoms with E-state index in [1.165, 1.54) is 5.57 Å². The first-order chi connectivity index (χ1) is 12.3. The van der Waals surface area contributed by atoms with E-state index < -0.39 is 23.4 Å². The molecule has 0 aromatic carbocycles. The second-order valence-electron chi connectivity index (χ2n) is 9.67. The van der Waals surface area contributed by atoms with Crippen molar-refractivity contribution < 1.29 is 24.5 Å². The fourth-order valence-corrected chi connectivity index (χ4v) is 7.81. The van der Waals surface area contributed by atoms with Crippen LogP contribution in [0.4, 0.5) is 0 Å². The Morgan fingerprint density at radius 1 is 1.35 bits per heavy atom. The second-order valence-corrected chi connectivity index (χ2v) is 9.67. The van der Waals surface area contributed by atoms with Crippen LogP contribution in [0.5, 0.6) is 0 Å². The molecule has 5 heteroatoms. The fourth-order valence-electron chi connectivity index (χ4n) is 7.81. The van der Waals surface area contributed by atoms with E-state index in [0.717, 1.165) is 19.3 Å². The SMILES string of the molecule is C[C@]12C3=CCC(=O)[C@H]1O[C@H]1C[C@@]4(C)[C@@H](CC[C@]4(O)C(=O)CO)[C@H](CC3)[C@H]12. The molecule has 0 aromatic rings. The molecule has 5 nitrogen and oxygen atoms in total. The van der Waals surface area contributed by atoms with Gasteiger partial charge >= 0.3 is 0 Å². The zero-order valence-electron chi connectivity index (χ0n) is 15.5. The minimum absolute atomic E-state index is 0.0990. The summed E-state index contributed by atoms with van der Waals surface area (Å²) in [5.41, 5.74) is -0.900. The van der Waals surface area contributed by atoms with Gasteiger partial charge in [-0.2, -0.15) is 0 Å². The van der Waals surface area contributed by atoms with Gasteiger partial charge in [-0.15, -0.1) is 0 Å². The predicted molar refractivity (Wildman–Crippen MR) is 93.2 cm³/mol. The number of ether oxygens (including phenoxy) is 1. The Hall–Kier alpha value is -1.04. The first-order valence-corrected chi connectivity index (χ1v) is 10.0. The van der Waals surface area contributed by atoms with Gasteiger partial charge in [0.1, 0.15) is 18.3 Å². The number of ketones is 2. The number of carbonyl (C=O) groups excluding carboxylic acids is 2. The number of fused-ring (bicyclic) bond motifs is 2. The number of aliphatic hydroxyl groups excluding tert-OH is 1. The van der Waals surface area contributed by atoms with E-state index in [1.807, 2.05) is 6.92 Å². The van der Waals surface area contributed by atoms with Gasteiger partial charge in [-0.05, 0) is 43.9 Å². The van der Waals surface area contributed by atoms with E-state index in [9.17, 15) is 19.8 Å². The maximum atomic E-state index is 12.6. The van der Waals surface area contributed by atoms with E-state index in [0.29, 0.717) is 31.1 Å². The molecule has 0 radical (unpaired) electrons. The van der Waals surface area contributed by atoms with Gasteiger partial charge in [-0.25, -0.2) is 0 Å². The summed E-state index contributed by atoms with van der Waals surface area (Å²) in [6.07, 6.45) is 5.97. The highest BCUT2D eigenvalue weighted by Gasteiger charge is 2.72. The van der Waals surface area contributed by atoms with Gasteiger partial charge in [0.05, 0.1) is 6.10 Å². The maximum absolute atomic E-state index is 12.6. The summed E-state index contributed by atoms with van der Waals surface area (Å²) < 4.78 is 6.37. The van der Waals surface area contributed by atoms with E-state index in [-0.39, 0.29) is 29.3 Å². The van der Waals surface area contributed by atoms with Crippen LogP contribution in [0.3, 0.4) is 0 Å². The minimum Gasteiger partial charge on any atom is -0.388 e. The molecule has 0 amide bonds. The number of aliphatic hydroxyl groups is 2. The highest BCUT2D eigenvalue weighted by molar-refractivity contribution is 5.90. The first kappa shape index (κ1) is 17.1. The third-order valence-electron chi connectivity index (χ3n) is 9.02. The predicted octanol–water partition coefficient (Wildman–Crippen LogP) is 1.80. The summed E-state index contributed by atoms with van der Waals surface area (Å²) in [6, 6.07) is 0. The molecule has 4 aliphatic carbocycles. The van der Waals surface area contributed by atoms with Crippen molar-refractivity contribution in [1.29, 1.82) is 0 Å². The molecule has 26 heavy (non-hydrogen) atoms. The zero-order valence-corrected chi connectivity index (χ0v) is 15.5. The summed E-state index contributed by atoms with van der Waals surface area (Å²) in [4.78, 5) is 25.1. The van der Waals surface area contributed by atoms with Crippen molar-refractivity contribution in [3.05, 3.63) is 11.6 Å². The normalized spacial score (nSPS) is 54.5. The Bertz CT molecular complexity index is 728. The molecule has 0 aromatic heterocycles. The van der Waals surface area contributed by atoms with Crippen LogP contribution in [-0.2, 0) is 14.3 Å². The molecule has 5 rings (SSSR count). The van der Waals surface area contributed by atoms with E-state index in [2.05, 4.69) is 13.0 Å². The number of carbonyl (C=O) groups is 2. The van der Waals surface area contributed by atoms with Gasteiger partial charge in [0.2, 0.25) is 0 Å². The van der Waals surface area contributed by atoms with Gasteiger partial charge < -0.3 is 14.9 Å². The number of allylic oxidation sites excluding steroid dienone is 1. The Morgan fingerprint density at radius 2 is 2.12 bits per heavy atom. The molecule has 142 valence electrons. The van der Waals surface area contributed by atoms with Gasteiger partial charge in [-0.1, -0.05) is 25.5 Å². The lowest BCUT2D eigenvalue weighted by atomic mass is 9.46. The standard InChI is InChI=1S/C21H28O5/c1-19-9-15-17-12(13(19)7-8-21(19,25)16(24)10-22)5-3-11-4-6-14(23)18(26-15)20(11,17)2/h4,12-13,15,17-18,22,25H,3,5-10H2,1-2H3/t12-,13-,15-,17+,18+,19-,20+,21-/m0/s1. The average molecular weight is 360 g/mol. The third kappa shape index (κ3) is 1.69. The highest BCUT2D eigenvalue weighted by Crippen LogP contribution is 2.70. The molecule has 1 aliphatic heterocycles. The molecule has 8 atom stereocenters. The topological polar surface area (TPSA) is 83.8 Å². The Balaban J connectivity index is 1.60. The zero-order chi connectivity index (χ0) is 18.5. The summed E-state index contributed by atoms with van der Waals surface area (Å²) in [7, 11) is 0. The Labute approximate surface area is 153 Å². The van der Waals surface area contributed by atoms with Crippen molar-refractivity contribution in [2.75, 3.05) is 6.61 Å². The molecule has 2 N–H and O–H groups in total. The summed E-state index contributed by atoms with van der Waals surface area (Å²) in [6.45, 7) is 3.60. The van der Waals surface area contributed by atoms with Gasteiger partial charge in [0, 0.05) is 23.2 Å². The highest BCUT2D eigenvalue weighted by atomic mass is 16.5. The molecule has 1 saturated heterocycles.